The summed E-state index contributed by atoms with van der Waals surface area (Å²) in [6.45, 7) is 0.384. The zero-order valence-corrected chi connectivity index (χ0v) is 13.1. The molecule has 2 N–H and O–H groups in total. The topological polar surface area (TPSA) is 26.0 Å². The van der Waals surface area contributed by atoms with Crippen molar-refractivity contribution in [3.8, 4) is 11.8 Å². The Labute approximate surface area is 131 Å². The number of hydrogen-bond acceptors (Lipinski definition) is 3. The molecule has 0 aliphatic carbocycles. The van der Waals surface area contributed by atoms with Gasteiger partial charge in [0.1, 0.15) is 0 Å². The van der Waals surface area contributed by atoms with Gasteiger partial charge in [0.05, 0.1) is 16.6 Å². The maximum absolute atomic E-state index is 6.00. The van der Waals surface area contributed by atoms with E-state index in [1.807, 2.05) is 29.6 Å². The minimum atomic E-state index is 0.384. The molecule has 2 aromatic rings. The number of halogens is 2. The van der Waals surface area contributed by atoms with E-state index in [0.29, 0.717) is 16.6 Å². The lowest BCUT2D eigenvalue weighted by Crippen LogP contribution is -1.93. The molecular weight excluding hydrogens is 317 g/mol. The normalized spacial score (nSPS) is 10.1. The molecule has 5 heteroatoms. The van der Waals surface area contributed by atoms with Crippen LogP contribution in [0.1, 0.15) is 10.4 Å². The third-order valence-electron chi connectivity index (χ3n) is 2.33. The van der Waals surface area contributed by atoms with E-state index in [0.717, 1.165) is 16.2 Å². The average Bonchev–Trinajstić information content (AvgIpc) is 2.85. The molecule has 0 saturated heterocycles. The number of thiophene rings is 1. The van der Waals surface area contributed by atoms with E-state index in [4.69, 9.17) is 28.9 Å². The molecule has 0 atom stereocenters. The highest BCUT2D eigenvalue weighted by molar-refractivity contribution is 7.98. The van der Waals surface area contributed by atoms with Gasteiger partial charge in [0.2, 0.25) is 0 Å². The van der Waals surface area contributed by atoms with Gasteiger partial charge in [-0.25, -0.2) is 0 Å². The van der Waals surface area contributed by atoms with E-state index < -0.39 is 0 Å². The van der Waals surface area contributed by atoms with Crippen molar-refractivity contribution in [3.63, 3.8) is 0 Å². The Morgan fingerprint density at radius 3 is 2.79 bits per heavy atom. The summed E-state index contributed by atoms with van der Waals surface area (Å²) in [6.07, 6.45) is 0. The van der Waals surface area contributed by atoms with Crippen LogP contribution in [0.3, 0.4) is 0 Å². The molecule has 2 rings (SSSR count). The van der Waals surface area contributed by atoms with Gasteiger partial charge in [-0.2, -0.15) is 0 Å². The third-order valence-corrected chi connectivity index (χ3v) is 5.19. The molecule has 1 heterocycles. The molecule has 0 aliphatic rings. The standard InChI is InChI=1S/C14H11Cl2NS2/c15-12-4-3-11(8-13(12)16)19-9-14-10(2-1-6-17)5-7-18-14/h3-5,7-8H,6,9,17H2. The summed E-state index contributed by atoms with van der Waals surface area (Å²) in [4.78, 5) is 2.34. The van der Waals surface area contributed by atoms with Crippen LogP contribution in [0.15, 0.2) is 34.5 Å². The number of hydrogen-bond donors (Lipinski definition) is 1. The van der Waals surface area contributed by atoms with Crippen molar-refractivity contribution < 1.29 is 0 Å². The molecule has 19 heavy (non-hydrogen) atoms. The molecule has 0 bridgehead atoms. The lowest BCUT2D eigenvalue weighted by atomic mass is 10.3. The van der Waals surface area contributed by atoms with Crippen molar-refractivity contribution in [2.24, 2.45) is 5.73 Å². The van der Waals surface area contributed by atoms with Gasteiger partial charge in [0, 0.05) is 21.1 Å². The minimum Gasteiger partial charge on any atom is -0.320 e. The monoisotopic (exact) mass is 327 g/mol. The smallest absolute Gasteiger partial charge is 0.0603 e. The van der Waals surface area contributed by atoms with Gasteiger partial charge >= 0.3 is 0 Å². The Balaban J connectivity index is 2.06. The van der Waals surface area contributed by atoms with Crippen molar-refractivity contribution in [1.82, 2.24) is 0 Å². The third kappa shape index (κ3) is 4.17. The summed E-state index contributed by atoms with van der Waals surface area (Å²) in [5.74, 6) is 6.83. The SMILES string of the molecule is NCC#Cc1ccsc1CSc1ccc(Cl)c(Cl)c1. The Morgan fingerprint density at radius 2 is 2.05 bits per heavy atom. The van der Waals surface area contributed by atoms with Crippen LogP contribution >= 0.6 is 46.3 Å². The largest absolute Gasteiger partial charge is 0.320 e. The molecule has 0 aliphatic heterocycles. The summed E-state index contributed by atoms with van der Waals surface area (Å²) < 4.78 is 0. The van der Waals surface area contributed by atoms with Gasteiger partial charge in [-0.1, -0.05) is 35.0 Å². The summed E-state index contributed by atoms with van der Waals surface area (Å²) in [6, 6.07) is 7.69. The van der Waals surface area contributed by atoms with Crippen LogP contribution in [0.2, 0.25) is 10.0 Å². The zero-order chi connectivity index (χ0) is 13.7. The first kappa shape index (κ1) is 14.8. The van der Waals surface area contributed by atoms with Gasteiger partial charge in [-0.3, -0.25) is 0 Å². The van der Waals surface area contributed by atoms with Crippen molar-refractivity contribution in [2.45, 2.75) is 10.6 Å². The van der Waals surface area contributed by atoms with E-state index in [1.165, 1.54) is 4.88 Å². The predicted molar refractivity (Wildman–Crippen MR) is 86.3 cm³/mol. The van der Waals surface area contributed by atoms with Crippen molar-refractivity contribution in [3.05, 3.63) is 50.1 Å². The second kappa shape index (κ2) is 7.23. The number of thioether (sulfide) groups is 1. The summed E-state index contributed by atoms with van der Waals surface area (Å²) >= 11 is 15.3. The van der Waals surface area contributed by atoms with E-state index in [1.54, 1.807) is 23.1 Å². The summed E-state index contributed by atoms with van der Waals surface area (Å²) in [5, 5.41) is 3.21. The molecule has 1 aromatic heterocycles. The van der Waals surface area contributed by atoms with Crippen molar-refractivity contribution in [2.75, 3.05) is 6.54 Å². The fraction of sp³-hybridized carbons (Fsp3) is 0.143. The molecule has 0 fully saturated rings. The molecule has 1 nitrogen and oxygen atoms in total. The summed E-state index contributed by atoms with van der Waals surface area (Å²) in [7, 11) is 0. The summed E-state index contributed by atoms with van der Waals surface area (Å²) in [5.41, 5.74) is 6.45. The second-order valence-corrected chi connectivity index (χ2v) is 6.49. The molecule has 0 spiro atoms. The predicted octanol–water partition coefficient (Wildman–Crippen LogP) is 4.66. The van der Waals surface area contributed by atoms with Crippen LogP contribution in [0.25, 0.3) is 0 Å². The Morgan fingerprint density at radius 1 is 1.21 bits per heavy atom. The number of benzene rings is 1. The lowest BCUT2D eigenvalue weighted by Gasteiger charge is -2.02. The van der Waals surface area contributed by atoms with Gasteiger partial charge in [0.25, 0.3) is 0 Å². The van der Waals surface area contributed by atoms with Gasteiger partial charge in [0.15, 0.2) is 0 Å². The second-order valence-electron chi connectivity index (χ2n) is 3.63. The van der Waals surface area contributed by atoms with Crippen LogP contribution < -0.4 is 5.73 Å². The maximum atomic E-state index is 6.00. The minimum absolute atomic E-state index is 0.384. The van der Waals surface area contributed by atoms with Crippen LogP contribution in [0.5, 0.6) is 0 Å². The Bertz CT molecular complexity index is 626. The fourth-order valence-corrected chi connectivity index (χ4v) is 3.67. The first-order chi connectivity index (χ1) is 9.20. The van der Waals surface area contributed by atoms with E-state index in [2.05, 4.69) is 11.8 Å². The van der Waals surface area contributed by atoms with Crippen molar-refractivity contribution in [1.29, 1.82) is 0 Å². The molecule has 0 unspecified atom stereocenters. The molecular formula is C14H11Cl2NS2. The van der Waals surface area contributed by atoms with Crippen LogP contribution in [0, 0.1) is 11.8 Å². The highest BCUT2D eigenvalue weighted by atomic mass is 35.5. The maximum Gasteiger partial charge on any atom is 0.0603 e. The first-order valence-corrected chi connectivity index (χ1v) is 8.16. The highest BCUT2D eigenvalue weighted by Gasteiger charge is 2.05. The number of rotatable bonds is 3. The molecule has 1 aromatic carbocycles. The first-order valence-electron chi connectivity index (χ1n) is 5.54. The Kier molecular flexibility index (Phi) is 5.62. The molecule has 98 valence electrons. The molecule has 0 amide bonds. The number of nitrogens with two attached hydrogens (primary N) is 1. The Hall–Kier alpha value is -0.630. The average molecular weight is 328 g/mol. The van der Waals surface area contributed by atoms with Crippen molar-refractivity contribution >= 4 is 46.3 Å². The van der Waals surface area contributed by atoms with E-state index >= 15 is 0 Å². The van der Waals surface area contributed by atoms with Crippen LogP contribution in [-0.2, 0) is 5.75 Å². The van der Waals surface area contributed by atoms with E-state index in [-0.39, 0.29) is 0 Å². The lowest BCUT2D eigenvalue weighted by molar-refractivity contribution is 1.30. The molecule has 0 saturated carbocycles. The van der Waals surface area contributed by atoms with Crippen LogP contribution in [0.4, 0.5) is 0 Å². The van der Waals surface area contributed by atoms with Gasteiger partial charge < -0.3 is 5.73 Å². The van der Waals surface area contributed by atoms with Crippen LogP contribution in [-0.4, -0.2) is 6.54 Å². The fourth-order valence-electron chi connectivity index (χ4n) is 1.43. The van der Waals surface area contributed by atoms with Gasteiger partial charge in [-0.15, -0.1) is 23.1 Å². The highest BCUT2D eigenvalue weighted by Crippen LogP contribution is 2.31. The molecule has 0 radical (unpaired) electrons. The quantitative estimate of drug-likeness (QED) is 0.655. The van der Waals surface area contributed by atoms with E-state index in [9.17, 15) is 0 Å². The zero-order valence-electron chi connectivity index (χ0n) is 9.95. The van der Waals surface area contributed by atoms with Gasteiger partial charge in [-0.05, 0) is 29.6 Å².